The minimum absolute atomic E-state index is 0.273. The maximum Gasteiger partial charge on any atom is 0.119 e. The molecule has 0 aliphatic carbocycles. The minimum atomic E-state index is -1.10. The van der Waals surface area contributed by atoms with Crippen molar-refractivity contribution in [3.8, 4) is 5.75 Å². The van der Waals surface area contributed by atoms with Crippen LogP contribution in [0.25, 0.3) is 0 Å². The van der Waals surface area contributed by atoms with Gasteiger partial charge in [-0.05, 0) is 36.2 Å². The van der Waals surface area contributed by atoms with Crippen molar-refractivity contribution in [1.29, 1.82) is 0 Å². The fourth-order valence-electron chi connectivity index (χ4n) is 2.03. The number of nitrogens with two attached hydrogens (primary N) is 1. The summed E-state index contributed by atoms with van der Waals surface area (Å²) in [5.41, 5.74) is 8.13. The first kappa shape index (κ1) is 14.8. The van der Waals surface area contributed by atoms with Gasteiger partial charge in [0, 0.05) is 16.7 Å². The summed E-state index contributed by atoms with van der Waals surface area (Å²) in [6, 6.07) is 15.0. The molecule has 2 unspecified atom stereocenters. The Morgan fingerprint density at radius 3 is 2.65 bits per heavy atom. The van der Waals surface area contributed by atoms with Crippen molar-refractivity contribution < 1.29 is 8.95 Å². The molecule has 2 aromatic carbocycles. The Labute approximate surface area is 122 Å². The molecule has 0 heterocycles. The van der Waals surface area contributed by atoms with Crippen molar-refractivity contribution in [3.05, 3.63) is 59.7 Å². The van der Waals surface area contributed by atoms with E-state index >= 15 is 0 Å². The highest BCUT2D eigenvalue weighted by Gasteiger charge is 2.14. The minimum Gasteiger partial charge on any atom is -0.497 e. The van der Waals surface area contributed by atoms with Crippen LogP contribution in [0, 0.1) is 6.92 Å². The molecular weight excluding hydrogens is 270 g/mol. The first-order valence-electron chi connectivity index (χ1n) is 6.45. The van der Waals surface area contributed by atoms with E-state index in [0.717, 1.165) is 21.8 Å². The van der Waals surface area contributed by atoms with Gasteiger partial charge in [0.1, 0.15) is 5.75 Å². The predicted molar refractivity (Wildman–Crippen MR) is 82.4 cm³/mol. The number of aryl methyl sites for hydroxylation is 1. The van der Waals surface area contributed by atoms with Gasteiger partial charge in [0.2, 0.25) is 0 Å². The summed E-state index contributed by atoms with van der Waals surface area (Å²) in [5.74, 6) is 1.16. The zero-order valence-electron chi connectivity index (χ0n) is 11.7. The van der Waals surface area contributed by atoms with Gasteiger partial charge in [0.15, 0.2) is 0 Å². The van der Waals surface area contributed by atoms with Crippen LogP contribution >= 0.6 is 0 Å². The van der Waals surface area contributed by atoms with Gasteiger partial charge >= 0.3 is 0 Å². The Morgan fingerprint density at radius 1 is 1.20 bits per heavy atom. The lowest BCUT2D eigenvalue weighted by atomic mass is 10.1. The molecule has 4 heteroatoms. The van der Waals surface area contributed by atoms with Gasteiger partial charge in [0.05, 0.1) is 17.9 Å². The largest absolute Gasteiger partial charge is 0.497 e. The average molecular weight is 289 g/mol. The van der Waals surface area contributed by atoms with Crippen molar-refractivity contribution in [3.63, 3.8) is 0 Å². The molecule has 2 aromatic rings. The Balaban J connectivity index is 2.13. The molecule has 20 heavy (non-hydrogen) atoms. The van der Waals surface area contributed by atoms with Crippen LogP contribution in [0.4, 0.5) is 0 Å². The van der Waals surface area contributed by atoms with Gasteiger partial charge in [-0.2, -0.15) is 0 Å². The summed E-state index contributed by atoms with van der Waals surface area (Å²) >= 11 is 0. The Kier molecular flexibility index (Phi) is 4.93. The highest BCUT2D eigenvalue weighted by atomic mass is 32.2. The molecule has 0 bridgehead atoms. The second kappa shape index (κ2) is 6.68. The van der Waals surface area contributed by atoms with Crippen molar-refractivity contribution in [2.75, 3.05) is 12.9 Å². The zero-order chi connectivity index (χ0) is 14.5. The van der Waals surface area contributed by atoms with Gasteiger partial charge < -0.3 is 10.5 Å². The molecule has 2 atom stereocenters. The summed E-state index contributed by atoms with van der Waals surface area (Å²) in [6.07, 6.45) is 0. The van der Waals surface area contributed by atoms with Crippen LogP contribution < -0.4 is 10.5 Å². The number of rotatable bonds is 5. The fraction of sp³-hybridized carbons (Fsp3) is 0.250. The molecule has 106 valence electrons. The van der Waals surface area contributed by atoms with Gasteiger partial charge in [0.25, 0.3) is 0 Å². The first-order chi connectivity index (χ1) is 9.61. The van der Waals surface area contributed by atoms with E-state index < -0.39 is 10.8 Å². The van der Waals surface area contributed by atoms with E-state index in [-0.39, 0.29) is 6.04 Å². The second-order valence-electron chi connectivity index (χ2n) is 4.66. The number of hydrogen-bond donors (Lipinski definition) is 1. The van der Waals surface area contributed by atoms with Crippen LogP contribution in [0.2, 0.25) is 0 Å². The normalized spacial score (nSPS) is 13.8. The highest BCUT2D eigenvalue weighted by molar-refractivity contribution is 7.85. The molecule has 0 spiro atoms. The molecule has 0 aliphatic rings. The van der Waals surface area contributed by atoms with Crippen LogP contribution in [-0.4, -0.2) is 17.1 Å². The van der Waals surface area contributed by atoms with E-state index in [4.69, 9.17) is 10.5 Å². The monoisotopic (exact) mass is 289 g/mol. The smallest absolute Gasteiger partial charge is 0.119 e. The quantitative estimate of drug-likeness (QED) is 0.921. The standard InChI is InChI=1S/C16H19NO2S/c1-12-6-3-4-9-16(12)20(18)11-15(17)13-7-5-8-14(10-13)19-2/h3-10,15H,11,17H2,1-2H3. The zero-order valence-corrected chi connectivity index (χ0v) is 12.5. The lowest BCUT2D eigenvalue weighted by Crippen LogP contribution is -2.18. The van der Waals surface area contributed by atoms with E-state index in [0.29, 0.717) is 5.75 Å². The van der Waals surface area contributed by atoms with E-state index in [9.17, 15) is 4.21 Å². The molecule has 0 aromatic heterocycles. The molecule has 0 aliphatic heterocycles. The predicted octanol–water partition coefficient (Wildman–Crippen LogP) is 2.81. The summed E-state index contributed by atoms with van der Waals surface area (Å²) in [7, 11) is 0.521. The summed E-state index contributed by atoms with van der Waals surface area (Å²) in [4.78, 5) is 0.853. The molecule has 0 saturated heterocycles. The topological polar surface area (TPSA) is 52.3 Å². The Hall–Kier alpha value is -1.65. The molecule has 3 nitrogen and oxygen atoms in total. The van der Waals surface area contributed by atoms with Gasteiger partial charge in [-0.1, -0.05) is 30.3 Å². The van der Waals surface area contributed by atoms with Crippen LogP contribution in [0.15, 0.2) is 53.4 Å². The first-order valence-corrected chi connectivity index (χ1v) is 7.77. The Morgan fingerprint density at radius 2 is 1.95 bits per heavy atom. The molecule has 0 fully saturated rings. The van der Waals surface area contributed by atoms with Crippen LogP contribution in [-0.2, 0) is 10.8 Å². The lowest BCUT2D eigenvalue weighted by Gasteiger charge is -2.13. The second-order valence-corrected chi connectivity index (χ2v) is 6.12. The molecular formula is C16H19NO2S. The maximum absolute atomic E-state index is 12.4. The van der Waals surface area contributed by atoms with Gasteiger partial charge in [-0.15, -0.1) is 0 Å². The molecule has 2 rings (SSSR count). The third kappa shape index (κ3) is 3.46. The number of hydrogen-bond acceptors (Lipinski definition) is 3. The number of methoxy groups -OCH3 is 1. The molecule has 0 radical (unpaired) electrons. The lowest BCUT2D eigenvalue weighted by molar-refractivity contribution is 0.414. The van der Waals surface area contributed by atoms with Crippen molar-refractivity contribution in [2.45, 2.75) is 17.9 Å². The van der Waals surface area contributed by atoms with Crippen molar-refractivity contribution >= 4 is 10.8 Å². The van der Waals surface area contributed by atoms with E-state index in [2.05, 4.69) is 0 Å². The Bertz CT molecular complexity index is 613. The molecule has 2 N–H and O–H groups in total. The van der Waals surface area contributed by atoms with Crippen molar-refractivity contribution in [2.24, 2.45) is 5.73 Å². The number of benzene rings is 2. The van der Waals surface area contributed by atoms with Crippen molar-refractivity contribution in [1.82, 2.24) is 0 Å². The van der Waals surface area contributed by atoms with Crippen LogP contribution in [0.1, 0.15) is 17.2 Å². The summed E-state index contributed by atoms with van der Waals surface area (Å²) in [6.45, 7) is 1.96. The highest BCUT2D eigenvalue weighted by Crippen LogP contribution is 2.21. The third-order valence-corrected chi connectivity index (χ3v) is 4.80. The molecule has 0 saturated carbocycles. The van der Waals surface area contributed by atoms with Crippen LogP contribution in [0.3, 0.4) is 0 Å². The van der Waals surface area contributed by atoms with Gasteiger partial charge in [-0.3, -0.25) is 4.21 Å². The molecule has 0 amide bonds. The number of ether oxygens (including phenoxy) is 1. The fourth-order valence-corrected chi connectivity index (χ4v) is 3.39. The average Bonchev–Trinajstić information content (AvgIpc) is 2.47. The summed E-state index contributed by atoms with van der Waals surface area (Å²) < 4.78 is 17.6. The maximum atomic E-state index is 12.4. The summed E-state index contributed by atoms with van der Waals surface area (Å²) in [5, 5.41) is 0. The third-order valence-electron chi connectivity index (χ3n) is 3.19. The SMILES string of the molecule is COc1cccc(C(N)CS(=O)c2ccccc2C)c1. The van der Waals surface area contributed by atoms with E-state index in [1.54, 1.807) is 7.11 Å². The van der Waals surface area contributed by atoms with Crippen LogP contribution in [0.5, 0.6) is 5.75 Å². The van der Waals surface area contributed by atoms with E-state index in [1.165, 1.54) is 0 Å². The van der Waals surface area contributed by atoms with Gasteiger partial charge in [-0.25, -0.2) is 0 Å². The van der Waals surface area contributed by atoms with E-state index in [1.807, 2.05) is 55.5 Å².